The van der Waals surface area contributed by atoms with Crippen molar-refractivity contribution < 1.29 is 9.53 Å². The highest BCUT2D eigenvalue weighted by Gasteiger charge is 2.10. The van der Waals surface area contributed by atoms with E-state index in [1.807, 2.05) is 14.0 Å². The van der Waals surface area contributed by atoms with Gasteiger partial charge >= 0.3 is 0 Å². The molecule has 0 aliphatic heterocycles. The third-order valence-corrected chi connectivity index (χ3v) is 1.46. The second-order valence-electron chi connectivity index (χ2n) is 2.49. The molecule has 4 heteroatoms. The van der Waals surface area contributed by atoms with Crippen molar-refractivity contribution in [2.75, 3.05) is 26.7 Å². The van der Waals surface area contributed by atoms with Crippen LogP contribution in [0.2, 0.25) is 0 Å². The van der Waals surface area contributed by atoms with Crippen LogP contribution >= 0.6 is 0 Å². The lowest BCUT2D eigenvalue weighted by atomic mass is 10.4. The quantitative estimate of drug-likeness (QED) is 0.546. The number of carbonyl (C=O) groups excluding carboxylic acids is 1. The SMILES string of the molecule is CCOC(C)C(=O)NCCNC. The van der Waals surface area contributed by atoms with E-state index in [0.29, 0.717) is 13.2 Å². The Labute approximate surface area is 73.7 Å². The predicted molar refractivity (Wildman–Crippen MR) is 48.0 cm³/mol. The van der Waals surface area contributed by atoms with E-state index in [1.165, 1.54) is 0 Å². The summed E-state index contributed by atoms with van der Waals surface area (Å²) in [5.74, 6) is -0.0490. The molecule has 4 nitrogen and oxygen atoms in total. The lowest BCUT2D eigenvalue weighted by Gasteiger charge is -2.11. The van der Waals surface area contributed by atoms with Gasteiger partial charge in [0.1, 0.15) is 6.10 Å². The first-order chi connectivity index (χ1) is 5.72. The first kappa shape index (κ1) is 11.4. The first-order valence-electron chi connectivity index (χ1n) is 4.26. The summed E-state index contributed by atoms with van der Waals surface area (Å²) < 4.78 is 5.10. The second-order valence-corrected chi connectivity index (χ2v) is 2.49. The van der Waals surface area contributed by atoms with E-state index in [2.05, 4.69) is 10.6 Å². The molecule has 0 aromatic rings. The van der Waals surface area contributed by atoms with Gasteiger partial charge in [-0.15, -0.1) is 0 Å². The fourth-order valence-corrected chi connectivity index (χ4v) is 0.780. The van der Waals surface area contributed by atoms with Gasteiger partial charge in [-0.1, -0.05) is 0 Å². The molecule has 0 bridgehead atoms. The van der Waals surface area contributed by atoms with Gasteiger partial charge in [-0.2, -0.15) is 0 Å². The summed E-state index contributed by atoms with van der Waals surface area (Å²) in [7, 11) is 1.85. The monoisotopic (exact) mass is 174 g/mol. The highest BCUT2D eigenvalue weighted by molar-refractivity contribution is 5.80. The van der Waals surface area contributed by atoms with Crippen LogP contribution in [0.4, 0.5) is 0 Å². The van der Waals surface area contributed by atoms with Crippen molar-refractivity contribution in [2.45, 2.75) is 20.0 Å². The molecule has 0 rings (SSSR count). The summed E-state index contributed by atoms with van der Waals surface area (Å²) in [4.78, 5) is 11.1. The summed E-state index contributed by atoms with van der Waals surface area (Å²) in [6.45, 7) is 5.62. The van der Waals surface area contributed by atoms with Crippen LogP contribution in [0.15, 0.2) is 0 Å². The fraction of sp³-hybridized carbons (Fsp3) is 0.875. The number of hydrogen-bond acceptors (Lipinski definition) is 3. The van der Waals surface area contributed by atoms with E-state index < -0.39 is 0 Å². The average molecular weight is 174 g/mol. The van der Waals surface area contributed by atoms with Crippen molar-refractivity contribution in [1.82, 2.24) is 10.6 Å². The van der Waals surface area contributed by atoms with Crippen LogP contribution in [0, 0.1) is 0 Å². The normalized spacial score (nSPS) is 12.6. The van der Waals surface area contributed by atoms with E-state index >= 15 is 0 Å². The van der Waals surface area contributed by atoms with Crippen molar-refractivity contribution in [3.63, 3.8) is 0 Å². The number of hydrogen-bond donors (Lipinski definition) is 2. The lowest BCUT2D eigenvalue weighted by Crippen LogP contribution is -2.37. The van der Waals surface area contributed by atoms with E-state index in [0.717, 1.165) is 6.54 Å². The van der Waals surface area contributed by atoms with Crippen molar-refractivity contribution >= 4 is 5.91 Å². The number of ether oxygens (including phenoxy) is 1. The minimum absolute atomic E-state index is 0.0490. The first-order valence-corrected chi connectivity index (χ1v) is 4.26. The molecule has 0 saturated heterocycles. The molecule has 2 N–H and O–H groups in total. The second kappa shape index (κ2) is 7.06. The molecule has 0 heterocycles. The molecule has 1 amide bonds. The van der Waals surface area contributed by atoms with E-state index in [4.69, 9.17) is 4.74 Å². The third kappa shape index (κ3) is 5.09. The fourth-order valence-electron chi connectivity index (χ4n) is 0.780. The Kier molecular flexibility index (Phi) is 6.70. The highest BCUT2D eigenvalue weighted by Crippen LogP contribution is 1.88. The zero-order chi connectivity index (χ0) is 9.40. The van der Waals surface area contributed by atoms with Crippen molar-refractivity contribution in [3.8, 4) is 0 Å². The molecule has 1 atom stereocenters. The number of likely N-dealkylation sites (N-methyl/N-ethyl adjacent to an activating group) is 1. The molecule has 0 aliphatic carbocycles. The van der Waals surface area contributed by atoms with Gasteiger partial charge < -0.3 is 15.4 Å². The van der Waals surface area contributed by atoms with Gasteiger partial charge in [0.05, 0.1) is 0 Å². The molecule has 0 saturated carbocycles. The Morgan fingerprint density at radius 2 is 2.17 bits per heavy atom. The molecule has 72 valence electrons. The molecule has 1 unspecified atom stereocenters. The predicted octanol–water partition coefficient (Wildman–Crippen LogP) is -0.253. The van der Waals surface area contributed by atoms with E-state index in [-0.39, 0.29) is 12.0 Å². The van der Waals surface area contributed by atoms with Crippen LogP contribution in [0.5, 0.6) is 0 Å². The Bertz CT molecular complexity index is 128. The van der Waals surface area contributed by atoms with Crippen LogP contribution in [-0.2, 0) is 9.53 Å². The van der Waals surface area contributed by atoms with Gasteiger partial charge in [-0.25, -0.2) is 0 Å². The number of carbonyl (C=O) groups is 1. The molecule has 0 aromatic carbocycles. The summed E-state index contributed by atoms with van der Waals surface area (Å²) in [5, 5.41) is 5.68. The van der Waals surface area contributed by atoms with Crippen LogP contribution in [0.25, 0.3) is 0 Å². The maximum absolute atomic E-state index is 11.1. The third-order valence-electron chi connectivity index (χ3n) is 1.46. The van der Waals surface area contributed by atoms with Crippen molar-refractivity contribution in [3.05, 3.63) is 0 Å². The topological polar surface area (TPSA) is 50.4 Å². The minimum Gasteiger partial charge on any atom is -0.369 e. The van der Waals surface area contributed by atoms with Crippen molar-refractivity contribution in [1.29, 1.82) is 0 Å². The van der Waals surface area contributed by atoms with Gasteiger partial charge in [0.15, 0.2) is 0 Å². The summed E-state index contributed by atoms with van der Waals surface area (Å²) >= 11 is 0. The number of rotatable bonds is 6. The Morgan fingerprint density at radius 1 is 1.50 bits per heavy atom. The van der Waals surface area contributed by atoms with E-state index in [9.17, 15) is 4.79 Å². The largest absolute Gasteiger partial charge is 0.369 e. The van der Waals surface area contributed by atoms with Crippen molar-refractivity contribution in [2.24, 2.45) is 0 Å². The Morgan fingerprint density at radius 3 is 2.67 bits per heavy atom. The maximum atomic E-state index is 11.1. The van der Waals surface area contributed by atoms with Crippen LogP contribution in [-0.4, -0.2) is 38.8 Å². The Balaban J connectivity index is 3.43. The van der Waals surface area contributed by atoms with Gasteiger partial charge in [0.25, 0.3) is 0 Å². The molecular weight excluding hydrogens is 156 g/mol. The highest BCUT2D eigenvalue weighted by atomic mass is 16.5. The van der Waals surface area contributed by atoms with E-state index in [1.54, 1.807) is 6.92 Å². The number of amides is 1. The molecule has 0 spiro atoms. The zero-order valence-corrected chi connectivity index (χ0v) is 8.02. The molecular formula is C8H18N2O2. The summed E-state index contributed by atoms with van der Waals surface area (Å²) in [6.07, 6.45) is -0.341. The van der Waals surface area contributed by atoms with Gasteiger partial charge in [0, 0.05) is 19.7 Å². The van der Waals surface area contributed by atoms with Crippen LogP contribution in [0.1, 0.15) is 13.8 Å². The van der Waals surface area contributed by atoms with Gasteiger partial charge in [-0.05, 0) is 20.9 Å². The molecule has 12 heavy (non-hydrogen) atoms. The van der Waals surface area contributed by atoms with Gasteiger partial charge in [0.2, 0.25) is 5.91 Å². The van der Waals surface area contributed by atoms with Gasteiger partial charge in [-0.3, -0.25) is 4.79 Å². The van der Waals surface area contributed by atoms with Crippen LogP contribution < -0.4 is 10.6 Å². The standard InChI is InChI=1S/C8H18N2O2/c1-4-12-7(2)8(11)10-6-5-9-3/h7,9H,4-6H2,1-3H3,(H,10,11). The lowest BCUT2D eigenvalue weighted by molar-refractivity contribution is -0.131. The van der Waals surface area contributed by atoms with Crippen LogP contribution in [0.3, 0.4) is 0 Å². The minimum atomic E-state index is -0.341. The summed E-state index contributed by atoms with van der Waals surface area (Å²) in [6, 6.07) is 0. The Hall–Kier alpha value is -0.610. The zero-order valence-electron chi connectivity index (χ0n) is 8.02. The molecule has 0 aliphatic rings. The maximum Gasteiger partial charge on any atom is 0.248 e. The molecule has 0 fully saturated rings. The smallest absolute Gasteiger partial charge is 0.248 e. The number of nitrogens with one attached hydrogen (secondary N) is 2. The summed E-state index contributed by atoms with van der Waals surface area (Å²) in [5.41, 5.74) is 0. The molecule has 0 radical (unpaired) electrons. The average Bonchev–Trinajstić information content (AvgIpc) is 2.05. The molecule has 0 aromatic heterocycles.